The van der Waals surface area contributed by atoms with E-state index in [2.05, 4.69) is 40.7 Å². The first-order chi connectivity index (χ1) is 12.6. The van der Waals surface area contributed by atoms with E-state index in [1.807, 2.05) is 30.5 Å². The smallest absolute Gasteiger partial charge is 0.315 e. The molecule has 134 valence electrons. The Hall–Kier alpha value is -2.79. The minimum absolute atomic E-state index is 0.249. The van der Waals surface area contributed by atoms with Crippen LogP contribution in [0.2, 0.25) is 0 Å². The van der Waals surface area contributed by atoms with Gasteiger partial charge in [0.25, 0.3) is 0 Å². The zero-order chi connectivity index (χ0) is 18.1. The van der Waals surface area contributed by atoms with Gasteiger partial charge in [0.05, 0.1) is 12.1 Å². The van der Waals surface area contributed by atoms with Crippen molar-refractivity contribution in [3.8, 4) is 0 Å². The molecule has 2 aromatic carbocycles. The fraction of sp³-hybridized carbons (Fsp3) is 0.286. The Labute approximate surface area is 152 Å². The molecule has 4 rings (SSSR count). The lowest BCUT2D eigenvalue weighted by Gasteiger charge is -2.18. The van der Waals surface area contributed by atoms with Crippen LogP contribution in [-0.4, -0.2) is 28.8 Å². The zero-order valence-corrected chi connectivity index (χ0v) is 14.8. The number of benzene rings is 2. The summed E-state index contributed by atoms with van der Waals surface area (Å²) in [4.78, 5) is 15.5. The van der Waals surface area contributed by atoms with Crippen LogP contribution < -0.4 is 10.6 Å². The van der Waals surface area contributed by atoms with Crippen LogP contribution >= 0.6 is 0 Å². The third-order valence-corrected chi connectivity index (χ3v) is 5.09. The van der Waals surface area contributed by atoms with E-state index < -0.39 is 6.10 Å². The summed E-state index contributed by atoms with van der Waals surface area (Å²) < 4.78 is 0. The van der Waals surface area contributed by atoms with Crippen LogP contribution in [0.1, 0.15) is 28.3 Å². The number of aliphatic hydroxyl groups excluding tert-OH is 1. The van der Waals surface area contributed by atoms with Crippen molar-refractivity contribution in [2.45, 2.75) is 31.9 Å². The largest absolute Gasteiger partial charge is 0.390 e. The number of rotatable bonds is 4. The first-order valence-electron chi connectivity index (χ1n) is 8.98. The topological polar surface area (TPSA) is 77.2 Å². The third kappa shape index (κ3) is 3.18. The van der Waals surface area contributed by atoms with Crippen molar-refractivity contribution in [2.75, 3.05) is 6.54 Å². The number of carbonyl (C=O) groups is 1. The summed E-state index contributed by atoms with van der Waals surface area (Å²) >= 11 is 0. The van der Waals surface area contributed by atoms with Crippen molar-refractivity contribution in [3.63, 3.8) is 0 Å². The van der Waals surface area contributed by atoms with E-state index in [1.54, 1.807) is 0 Å². The van der Waals surface area contributed by atoms with Crippen LogP contribution in [0.4, 0.5) is 4.79 Å². The van der Waals surface area contributed by atoms with E-state index in [0.29, 0.717) is 13.0 Å². The van der Waals surface area contributed by atoms with Crippen molar-refractivity contribution in [3.05, 3.63) is 70.9 Å². The maximum absolute atomic E-state index is 12.2. The van der Waals surface area contributed by atoms with E-state index in [-0.39, 0.29) is 12.1 Å². The SMILES string of the molecule is Cc1ccc2c(CCNC(=O)NC3c4ccccc4CC3O)c[nH]c2c1. The summed E-state index contributed by atoms with van der Waals surface area (Å²) in [6.45, 7) is 2.61. The van der Waals surface area contributed by atoms with Crippen molar-refractivity contribution in [1.29, 1.82) is 0 Å². The number of urea groups is 1. The lowest BCUT2D eigenvalue weighted by Crippen LogP contribution is -2.41. The molecule has 0 aliphatic heterocycles. The van der Waals surface area contributed by atoms with E-state index in [1.165, 1.54) is 16.5 Å². The molecule has 0 saturated heterocycles. The maximum atomic E-state index is 12.2. The van der Waals surface area contributed by atoms with Crippen LogP contribution in [0.25, 0.3) is 10.9 Å². The molecular weight excluding hydrogens is 326 g/mol. The summed E-state index contributed by atoms with van der Waals surface area (Å²) in [6.07, 6.45) is 2.76. The molecule has 0 spiro atoms. The lowest BCUT2D eigenvalue weighted by atomic mass is 10.1. The van der Waals surface area contributed by atoms with Crippen LogP contribution in [0.15, 0.2) is 48.7 Å². The molecule has 0 fully saturated rings. The van der Waals surface area contributed by atoms with E-state index in [9.17, 15) is 9.90 Å². The fourth-order valence-electron chi connectivity index (χ4n) is 3.76. The molecule has 5 nitrogen and oxygen atoms in total. The predicted molar refractivity (Wildman–Crippen MR) is 102 cm³/mol. The van der Waals surface area contributed by atoms with Gasteiger partial charge in [0.1, 0.15) is 0 Å². The molecule has 2 atom stereocenters. The highest BCUT2D eigenvalue weighted by Crippen LogP contribution is 2.31. The minimum atomic E-state index is -0.574. The summed E-state index contributed by atoms with van der Waals surface area (Å²) in [7, 11) is 0. The summed E-state index contributed by atoms with van der Waals surface area (Å²) in [6, 6.07) is 13.6. The van der Waals surface area contributed by atoms with Crippen LogP contribution in [-0.2, 0) is 12.8 Å². The number of fused-ring (bicyclic) bond motifs is 2. The van der Waals surface area contributed by atoms with Crippen LogP contribution in [0.3, 0.4) is 0 Å². The standard InChI is InChI=1S/C21H23N3O2/c1-13-6-7-16-15(12-23-18(16)10-13)8-9-22-21(26)24-20-17-5-3-2-4-14(17)11-19(20)25/h2-7,10,12,19-20,23,25H,8-9,11H2,1H3,(H2,22,24,26). The Bertz CT molecular complexity index is 947. The second kappa shape index (κ2) is 6.84. The number of H-pyrrole nitrogens is 1. The van der Waals surface area contributed by atoms with Gasteiger partial charge in [-0.2, -0.15) is 0 Å². The number of nitrogens with one attached hydrogen (secondary N) is 3. The number of aryl methyl sites for hydroxylation is 1. The highest BCUT2D eigenvalue weighted by atomic mass is 16.3. The predicted octanol–water partition coefficient (Wildman–Crippen LogP) is 2.98. The van der Waals surface area contributed by atoms with Crippen LogP contribution in [0.5, 0.6) is 0 Å². The molecule has 0 bridgehead atoms. The van der Waals surface area contributed by atoms with Crippen molar-refractivity contribution >= 4 is 16.9 Å². The monoisotopic (exact) mass is 349 g/mol. The van der Waals surface area contributed by atoms with Crippen molar-refractivity contribution < 1.29 is 9.90 Å². The normalized spacial score (nSPS) is 18.7. The second-order valence-electron chi connectivity index (χ2n) is 6.96. The van der Waals surface area contributed by atoms with Gasteiger partial charge in [0, 0.05) is 30.1 Å². The van der Waals surface area contributed by atoms with E-state index in [4.69, 9.17) is 0 Å². The fourth-order valence-corrected chi connectivity index (χ4v) is 3.76. The Morgan fingerprint density at radius 2 is 2.12 bits per heavy atom. The molecule has 1 aliphatic carbocycles. The molecule has 1 heterocycles. The molecule has 1 aromatic heterocycles. The molecule has 2 amide bonds. The third-order valence-electron chi connectivity index (χ3n) is 5.09. The second-order valence-corrected chi connectivity index (χ2v) is 6.96. The maximum Gasteiger partial charge on any atom is 0.315 e. The van der Waals surface area contributed by atoms with E-state index in [0.717, 1.165) is 23.1 Å². The molecule has 4 N–H and O–H groups in total. The Morgan fingerprint density at radius 1 is 1.27 bits per heavy atom. The minimum Gasteiger partial charge on any atom is -0.390 e. The lowest BCUT2D eigenvalue weighted by molar-refractivity contribution is 0.142. The zero-order valence-electron chi connectivity index (χ0n) is 14.8. The Balaban J connectivity index is 1.34. The van der Waals surface area contributed by atoms with Gasteiger partial charge in [-0.1, -0.05) is 36.4 Å². The van der Waals surface area contributed by atoms with Gasteiger partial charge in [-0.15, -0.1) is 0 Å². The molecule has 1 aliphatic rings. The molecule has 0 radical (unpaired) electrons. The van der Waals surface area contributed by atoms with Gasteiger partial charge in [-0.3, -0.25) is 0 Å². The molecule has 26 heavy (non-hydrogen) atoms. The summed E-state index contributed by atoms with van der Waals surface area (Å²) in [5, 5.41) is 17.2. The first kappa shape index (κ1) is 16.7. The van der Waals surface area contributed by atoms with Gasteiger partial charge in [-0.25, -0.2) is 4.79 Å². The van der Waals surface area contributed by atoms with Gasteiger partial charge in [0.2, 0.25) is 0 Å². The average Bonchev–Trinajstić information content (AvgIpc) is 3.16. The van der Waals surface area contributed by atoms with Gasteiger partial charge in [0.15, 0.2) is 0 Å². The highest BCUT2D eigenvalue weighted by Gasteiger charge is 2.31. The van der Waals surface area contributed by atoms with Gasteiger partial charge in [-0.05, 0) is 41.7 Å². The Morgan fingerprint density at radius 3 is 3.00 bits per heavy atom. The number of hydrogen-bond acceptors (Lipinski definition) is 2. The van der Waals surface area contributed by atoms with Gasteiger partial charge >= 0.3 is 6.03 Å². The molecule has 5 heteroatoms. The first-order valence-corrected chi connectivity index (χ1v) is 8.98. The van der Waals surface area contributed by atoms with Gasteiger partial charge < -0.3 is 20.7 Å². The highest BCUT2D eigenvalue weighted by molar-refractivity contribution is 5.84. The quantitative estimate of drug-likeness (QED) is 0.584. The number of hydrogen-bond donors (Lipinski definition) is 4. The number of carbonyl (C=O) groups excluding carboxylic acids is 1. The molecule has 3 aromatic rings. The number of aromatic amines is 1. The van der Waals surface area contributed by atoms with Crippen molar-refractivity contribution in [1.82, 2.24) is 15.6 Å². The number of aromatic nitrogens is 1. The molecular formula is C21H23N3O2. The molecule has 0 saturated carbocycles. The summed E-state index contributed by atoms with van der Waals surface area (Å²) in [5.41, 5.74) is 5.63. The van der Waals surface area contributed by atoms with E-state index >= 15 is 0 Å². The van der Waals surface area contributed by atoms with Crippen molar-refractivity contribution in [2.24, 2.45) is 0 Å². The molecule has 2 unspecified atom stereocenters. The van der Waals surface area contributed by atoms with Crippen LogP contribution in [0, 0.1) is 6.92 Å². The summed E-state index contributed by atoms with van der Waals surface area (Å²) in [5.74, 6) is 0. The number of amides is 2. The Kier molecular flexibility index (Phi) is 4.39. The number of aliphatic hydroxyl groups is 1. The average molecular weight is 349 g/mol.